The first-order chi connectivity index (χ1) is 6.68. The summed E-state index contributed by atoms with van der Waals surface area (Å²) in [5.41, 5.74) is 17.1. The van der Waals surface area contributed by atoms with Crippen molar-refractivity contribution in [3.63, 3.8) is 0 Å². The Hall–Kier alpha value is -0.160. The highest BCUT2D eigenvalue weighted by Crippen LogP contribution is 2.15. The van der Waals surface area contributed by atoms with Crippen LogP contribution in [-0.2, 0) is 0 Å². The zero-order valence-electron chi connectivity index (χ0n) is 9.39. The summed E-state index contributed by atoms with van der Waals surface area (Å²) in [5, 5.41) is 3.28. The highest BCUT2D eigenvalue weighted by Gasteiger charge is 2.22. The molecule has 0 radical (unpaired) electrons. The van der Waals surface area contributed by atoms with Gasteiger partial charge in [-0.25, -0.2) is 0 Å². The Morgan fingerprint density at radius 3 is 2.36 bits per heavy atom. The molecule has 0 amide bonds. The maximum absolute atomic E-state index is 6.28. The summed E-state index contributed by atoms with van der Waals surface area (Å²) in [5.74, 6) is 0. The quantitative estimate of drug-likeness (QED) is 0.389. The molecule has 0 fully saturated rings. The maximum Gasteiger partial charge on any atom is 0.0281 e. The number of nitrogens with two attached hydrogens (primary N) is 3. The monoisotopic (exact) mass is 202 g/mol. The van der Waals surface area contributed by atoms with E-state index < -0.39 is 0 Å². The van der Waals surface area contributed by atoms with Gasteiger partial charge in [0.05, 0.1) is 0 Å². The van der Waals surface area contributed by atoms with Gasteiger partial charge in [-0.3, -0.25) is 0 Å². The normalized spacial score (nSPS) is 15.4. The van der Waals surface area contributed by atoms with Crippen molar-refractivity contribution in [2.24, 2.45) is 17.2 Å². The Morgan fingerprint density at radius 2 is 1.86 bits per heavy atom. The van der Waals surface area contributed by atoms with Gasteiger partial charge in [0.25, 0.3) is 0 Å². The molecule has 0 bridgehead atoms. The Kier molecular flexibility index (Phi) is 8.08. The van der Waals surface area contributed by atoms with Gasteiger partial charge in [0.1, 0.15) is 0 Å². The second-order valence-electron chi connectivity index (χ2n) is 3.97. The standard InChI is InChI=1S/C10H26N4/c1-2-4-10(13,5-3-6-11)9-14-8-7-12/h14H,2-9,11-13H2,1H3. The molecule has 0 aromatic carbocycles. The summed E-state index contributed by atoms with van der Waals surface area (Å²) in [4.78, 5) is 0. The molecule has 0 saturated heterocycles. The lowest BCUT2D eigenvalue weighted by Gasteiger charge is -2.29. The predicted octanol–water partition coefficient (Wildman–Crippen LogP) is -0.229. The van der Waals surface area contributed by atoms with Crippen molar-refractivity contribution < 1.29 is 0 Å². The van der Waals surface area contributed by atoms with Crippen molar-refractivity contribution in [3.8, 4) is 0 Å². The van der Waals surface area contributed by atoms with E-state index in [-0.39, 0.29) is 5.54 Å². The Labute approximate surface area is 87.6 Å². The summed E-state index contributed by atoms with van der Waals surface area (Å²) in [6, 6.07) is 0. The van der Waals surface area contributed by atoms with Crippen LogP contribution in [0.3, 0.4) is 0 Å². The lowest BCUT2D eigenvalue weighted by molar-refractivity contribution is 0.336. The fraction of sp³-hybridized carbons (Fsp3) is 1.00. The fourth-order valence-electron chi connectivity index (χ4n) is 1.69. The van der Waals surface area contributed by atoms with Crippen LogP contribution in [-0.4, -0.2) is 31.7 Å². The topological polar surface area (TPSA) is 90.1 Å². The molecule has 0 rings (SSSR count). The van der Waals surface area contributed by atoms with Crippen molar-refractivity contribution in [1.82, 2.24) is 5.32 Å². The Morgan fingerprint density at radius 1 is 1.14 bits per heavy atom. The molecule has 0 aliphatic heterocycles. The smallest absolute Gasteiger partial charge is 0.0281 e. The lowest BCUT2D eigenvalue weighted by Crippen LogP contribution is -2.49. The van der Waals surface area contributed by atoms with Crippen LogP contribution < -0.4 is 22.5 Å². The molecule has 1 atom stereocenters. The third kappa shape index (κ3) is 6.32. The van der Waals surface area contributed by atoms with Crippen molar-refractivity contribution in [2.75, 3.05) is 26.2 Å². The second kappa shape index (κ2) is 8.17. The van der Waals surface area contributed by atoms with Crippen LogP contribution >= 0.6 is 0 Å². The van der Waals surface area contributed by atoms with E-state index in [0.717, 1.165) is 45.3 Å². The van der Waals surface area contributed by atoms with E-state index in [9.17, 15) is 0 Å². The maximum atomic E-state index is 6.28. The van der Waals surface area contributed by atoms with Gasteiger partial charge in [-0.05, 0) is 25.8 Å². The van der Waals surface area contributed by atoms with Crippen molar-refractivity contribution in [1.29, 1.82) is 0 Å². The molecule has 0 heterocycles. The third-order valence-electron chi connectivity index (χ3n) is 2.42. The van der Waals surface area contributed by atoms with Gasteiger partial charge >= 0.3 is 0 Å². The molecular formula is C10H26N4. The van der Waals surface area contributed by atoms with Crippen LogP contribution in [0.1, 0.15) is 32.6 Å². The molecule has 4 heteroatoms. The summed E-state index contributed by atoms with van der Waals surface area (Å²) in [6.45, 7) is 5.23. The van der Waals surface area contributed by atoms with E-state index >= 15 is 0 Å². The zero-order valence-corrected chi connectivity index (χ0v) is 9.39. The first-order valence-electron chi connectivity index (χ1n) is 5.58. The molecule has 86 valence electrons. The molecular weight excluding hydrogens is 176 g/mol. The Bertz CT molecular complexity index is 129. The van der Waals surface area contributed by atoms with Crippen molar-refractivity contribution in [2.45, 2.75) is 38.1 Å². The SMILES string of the molecule is CCCC(N)(CCCN)CNCCN. The van der Waals surface area contributed by atoms with Crippen LogP contribution in [0.5, 0.6) is 0 Å². The van der Waals surface area contributed by atoms with E-state index in [4.69, 9.17) is 17.2 Å². The third-order valence-corrected chi connectivity index (χ3v) is 2.42. The summed E-state index contributed by atoms with van der Waals surface area (Å²) in [7, 11) is 0. The molecule has 0 aliphatic rings. The average molecular weight is 202 g/mol. The van der Waals surface area contributed by atoms with Crippen LogP contribution in [0.4, 0.5) is 0 Å². The predicted molar refractivity (Wildman–Crippen MR) is 62.0 cm³/mol. The number of nitrogens with one attached hydrogen (secondary N) is 1. The minimum absolute atomic E-state index is 0.0940. The van der Waals surface area contributed by atoms with Gasteiger partial charge < -0.3 is 22.5 Å². The first kappa shape index (κ1) is 13.8. The van der Waals surface area contributed by atoms with Crippen LogP contribution in [0, 0.1) is 0 Å². The first-order valence-corrected chi connectivity index (χ1v) is 5.58. The van der Waals surface area contributed by atoms with Crippen molar-refractivity contribution in [3.05, 3.63) is 0 Å². The van der Waals surface area contributed by atoms with E-state index in [2.05, 4.69) is 12.2 Å². The van der Waals surface area contributed by atoms with Gasteiger partial charge in [-0.2, -0.15) is 0 Å². The van der Waals surface area contributed by atoms with Gasteiger partial charge in [0, 0.05) is 25.2 Å². The molecule has 0 aromatic heterocycles. The van der Waals surface area contributed by atoms with Crippen LogP contribution in [0.2, 0.25) is 0 Å². The van der Waals surface area contributed by atoms with Crippen LogP contribution in [0.25, 0.3) is 0 Å². The number of hydrogen-bond donors (Lipinski definition) is 4. The largest absolute Gasteiger partial charge is 0.330 e. The summed E-state index contributed by atoms with van der Waals surface area (Å²) in [6.07, 6.45) is 4.16. The number of hydrogen-bond acceptors (Lipinski definition) is 4. The highest BCUT2D eigenvalue weighted by atomic mass is 14.9. The summed E-state index contributed by atoms with van der Waals surface area (Å²) < 4.78 is 0. The molecule has 0 saturated carbocycles. The highest BCUT2D eigenvalue weighted by molar-refractivity contribution is 4.86. The van der Waals surface area contributed by atoms with Gasteiger partial charge in [0.2, 0.25) is 0 Å². The van der Waals surface area contributed by atoms with Gasteiger partial charge in [0.15, 0.2) is 0 Å². The minimum Gasteiger partial charge on any atom is -0.330 e. The van der Waals surface area contributed by atoms with E-state index in [1.54, 1.807) is 0 Å². The Balaban J connectivity index is 3.82. The molecule has 4 nitrogen and oxygen atoms in total. The zero-order chi connectivity index (χ0) is 10.9. The van der Waals surface area contributed by atoms with E-state index in [0.29, 0.717) is 6.54 Å². The van der Waals surface area contributed by atoms with Gasteiger partial charge in [-0.15, -0.1) is 0 Å². The second-order valence-corrected chi connectivity index (χ2v) is 3.97. The minimum atomic E-state index is -0.0940. The van der Waals surface area contributed by atoms with Crippen LogP contribution in [0.15, 0.2) is 0 Å². The number of rotatable bonds is 9. The van der Waals surface area contributed by atoms with Gasteiger partial charge in [-0.1, -0.05) is 13.3 Å². The van der Waals surface area contributed by atoms with E-state index in [1.807, 2.05) is 0 Å². The fourth-order valence-corrected chi connectivity index (χ4v) is 1.69. The molecule has 0 spiro atoms. The molecule has 1 unspecified atom stereocenters. The van der Waals surface area contributed by atoms with E-state index in [1.165, 1.54) is 0 Å². The average Bonchev–Trinajstić information content (AvgIpc) is 2.16. The summed E-state index contributed by atoms with van der Waals surface area (Å²) >= 11 is 0. The van der Waals surface area contributed by atoms with Crippen molar-refractivity contribution >= 4 is 0 Å². The lowest BCUT2D eigenvalue weighted by atomic mass is 9.89. The molecule has 0 aliphatic carbocycles. The molecule has 14 heavy (non-hydrogen) atoms. The molecule has 0 aromatic rings. The molecule has 7 N–H and O–H groups in total.